The third-order valence-corrected chi connectivity index (χ3v) is 4.15. The Morgan fingerprint density at radius 3 is 3.12 bits per heavy atom. The van der Waals surface area contributed by atoms with Gasteiger partial charge >= 0.3 is 0 Å². The van der Waals surface area contributed by atoms with Crippen LogP contribution in [0, 0.1) is 0 Å². The van der Waals surface area contributed by atoms with Gasteiger partial charge in [0.05, 0.1) is 6.20 Å². The molecular formula is C17H19N7O2. The van der Waals surface area contributed by atoms with Crippen molar-refractivity contribution in [2.24, 2.45) is 0 Å². The van der Waals surface area contributed by atoms with Crippen molar-refractivity contribution in [3.8, 4) is 11.4 Å². The Balaban J connectivity index is 1.28. The second-order valence-electron chi connectivity index (χ2n) is 6.06. The van der Waals surface area contributed by atoms with Crippen molar-refractivity contribution in [2.45, 2.75) is 32.2 Å². The standard InChI is InChI=1S/C17H19N7O2/c25-14(21-13-11-20-24-10-2-7-19-17(13)24)3-1-4-15-22-16(23-26-15)12-5-8-18-9-6-12/h5-6,8-9,11,19H,1-4,7,10H2,(H,21,25). The van der Waals surface area contributed by atoms with Gasteiger partial charge in [0.25, 0.3) is 0 Å². The van der Waals surface area contributed by atoms with Crippen molar-refractivity contribution in [1.29, 1.82) is 0 Å². The van der Waals surface area contributed by atoms with Crippen molar-refractivity contribution in [3.05, 3.63) is 36.6 Å². The number of anilines is 2. The van der Waals surface area contributed by atoms with E-state index in [1.165, 1.54) is 0 Å². The highest BCUT2D eigenvalue weighted by molar-refractivity contribution is 5.93. The van der Waals surface area contributed by atoms with E-state index >= 15 is 0 Å². The molecular weight excluding hydrogens is 334 g/mol. The lowest BCUT2D eigenvalue weighted by molar-refractivity contribution is -0.116. The highest BCUT2D eigenvalue weighted by Gasteiger charge is 2.16. The predicted octanol–water partition coefficient (Wildman–Crippen LogP) is 2.11. The number of nitrogens with one attached hydrogen (secondary N) is 2. The molecule has 0 unspecified atom stereocenters. The van der Waals surface area contributed by atoms with Gasteiger partial charge in [0.2, 0.25) is 17.6 Å². The van der Waals surface area contributed by atoms with E-state index in [2.05, 4.69) is 30.9 Å². The van der Waals surface area contributed by atoms with Gasteiger partial charge in [0.15, 0.2) is 0 Å². The summed E-state index contributed by atoms with van der Waals surface area (Å²) in [5, 5.41) is 14.4. The lowest BCUT2D eigenvalue weighted by atomic mass is 10.2. The van der Waals surface area contributed by atoms with E-state index in [9.17, 15) is 4.79 Å². The summed E-state index contributed by atoms with van der Waals surface area (Å²) >= 11 is 0. The summed E-state index contributed by atoms with van der Waals surface area (Å²) < 4.78 is 7.12. The minimum Gasteiger partial charge on any atom is -0.368 e. The van der Waals surface area contributed by atoms with Crippen molar-refractivity contribution < 1.29 is 9.32 Å². The van der Waals surface area contributed by atoms with Crippen LogP contribution in [0.15, 0.2) is 35.2 Å². The fraction of sp³-hybridized carbons (Fsp3) is 0.353. The zero-order valence-electron chi connectivity index (χ0n) is 14.2. The number of carbonyl (C=O) groups is 1. The van der Waals surface area contributed by atoms with E-state index in [0.717, 1.165) is 36.6 Å². The van der Waals surface area contributed by atoms with Gasteiger partial charge in [-0.2, -0.15) is 10.1 Å². The number of pyridine rings is 1. The van der Waals surface area contributed by atoms with Crippen molar-refractivity contribution in [3.63, 3.8) is 0 Å². The number of nitrogens with zero attached hydrogens (tertiary/aromatic N) is 5. The van der Waals surface area contributed by atoms with Crippen molar-refractivity contribution in [1.82, 2.24) is 24.9 Å². The molecule has 9 heteroatoms. The number of amides is 1. The first-order chi connectivity index (χ1) is 12.8. The fourth-order valence-corrected chi connectivity index (χ4v) is 2.86. The second kappa shape index (κ2) is 7.34. The Morgan fingerprint density at radius 2 is 2.23 bits per heavy atom. The van der Waals surface area contributed by atoms with E-state index in [1.54, 1.807) is 18.6 Å². The molecule has 0 saturated carbocycles. The number of rotatable bonds is 6. The lowest BCUT2D eigenvalue weighted by Crippen LogP contribution is -2.19. The zero-order valence-corrected chi connectivity index (χ0v) is 14.2. The van der Waals surface area contributed by atoms with Gasteiger partial charge in [0.1, 0.15) is 11.5 Å². The average molecular weight is 353 g/mol. The Bertz CT molecular complexity index is 888. The number of fused-ring (bicyclic) bond motifs is 1. The van der Waals surface area contributed by atoms with E-state index < -0.39 is 0 Å². The van der Waals surface area contributed by atoms with Crippen LogP contribution in [-0.2, 0) is 17.8 Å². The number of hydrogen-bond donors (Lipinski definition) is 2. The molecule has 134 valence electrons. The minimum absolute atomic E-state index is 0.0537. The summed E-state index contributed by atoms with van der Waals surface area (Å²) in [6.07, 6.45) is 7.63. The van der Waals surface area contributed by atoms with Crippen LogP contribution in [-0.4, -0.2) is 37.4 Å². The maximum atomic E-state index is 12.2. The highest BCUT2D eigenvalue weighted by atomic mass is 16.5. The van der Waals surface area contributed by atoms with Crippen LogP contribution in [0.25, 0.3) is 11.4 Å². The van der Waals surface area contributed by atoms with E-state index in [1.807, 2.05) is 16.8 Å². The monoisotopic (exact) mass is 353 g/mol. The Hall–Kier alpha value is -3.23. The summed E-state index contributed by atoms with van der Waals surface area (Å²) in [7, 11) is 0. The Kier molecular flexibility index (Phi) is 4.59. The molecule has 9 nitrogen and oxygen atoms in total. The van der Waals surface area contributed by atoms with Gasteiger partial charge in [-0.05, 0) is 25.0 Å². The molecule has 1 amide bonds. The SMILES string of the molecule is O=C(CCCc1nc(-c2ccncc2)no1)Nc1cnn2c1NCCC2. The molecule has 3 aromatic rings. The van der Waals surface area contributed by atoms with Crippen LogP contribution in [0.2, 0.25) is 0 Å². The molecule has 4 heterocycles. The first kappa shape index (κ1) is 16.2. The smallest absolute Gasteiger partial charge is 0.226 e. The average Bonchev–Trinajstić information content (AvgIpc) is 3.30. The van der Waals surface area contributed by atoms with E-state index in [-0.39, 0.29) is 5.91 Å². The molecule has 0 saturated heterocycles. The summed E-state index contributed by atoms with van der Waals surface area (Å²) in [5.74, 6) is 1.88. The Morgan fingerprint density at radius 1 is 1.35 bits per heavy atom. The molecule has 1 aliphatic rings. The molecule has 0 atom stereocenters. The molecule has 0 fully saturated rings. The van der Waals surface area contributed by atoms with Gasteiger partial charge in [-0.1, -0.05) is 5.16 Å². The molecule has 1 aliphatic heterocycles. The van der Waals surface area contributed by atoms with Gasteiger partial charge in [-0.3, -0.25) is 9.78 Å². The first-order valence-electron chi connectivity index (χ1n) is 8.62. The van der Waals surface area contributed by atoms with Crippen LogP contribution in [0.3, 0.4) is 0 Å². The summed E-state index contributed by atoms with van der Waals surface area (Å²) in [6.45, 7) is 1.76. The van der Waals surface area contributed by atoms with Crippen LogP contribution >= 0.6 is 0 Å². The van der Waals surface area contributed by atoms with Crippen molar-refractivity contribution >= 4 is 17.4 Å². The molecule has 0 bridgehead atoms. The van der Waals surface area contributed by atoms with Gasteiger partial charge < -0.3 is 15.2 Å². The summed E-state index contributed by atoms with van der Waals surface area (Å²) in [4.78, 5) is 20.5. The molecule has 0 spiro atoms. The van der Waals surface area contributed by atoms with Crippen molar-refractivity contribution in [2.75, 3.05) is 17.2 Å². The molecule has 0 aromatic carbocycles. The molecule has 0 radical (unpaired) electrons. The second-order valence-corrected chi connectivity index (χ2v) is 6.06. The lowest BCUT2D eigenvalue weighted by Gasteiger charge is -2.17. The van der Waals surface area contributed by atoms with Gasteiger partial charge in [-0.15, -0.1) is 0 Å². The predicted molar refractivity (Wildman–Crippen MR) is 94.4 cm³/mol. The maximum absolute atomic E-state index is 12.2. The largest absolute Gasteiger partial charge is 0.368 e. The van der Waals surface area contributed by atoms with Crippen LogP contribution < -0.4 is 10.6 Å². The molecule has 4 rings (SSSR count). The molecule has 2 N–H and O–H groups in total. The molecule has 3 aromatic heterocycles. The third-order valence-electron chi connectivity index (χ3n) is 4.15. The molecule has 26 heavy (non-hydrogen) atoms. The highest BCUT2D eigenvalue weighted by Crippen LogP contribution is 2.24. The number of aromatic nitrogens is 5. The topological polar surface area (TPSA) is 111 Å². The van der Waals surface area contributed by atoms with Crippen LogP contribution in [0.4, 0.5) is 11.5 Å². The normalized spacial score (nSPS) is 13.1. The summed E-state index contributed by atoms with van der Waals surface area (Å²) in [5.41, 5.74) is 1.58. The van der Waals surface area contributed by atoms with Gasteiger partial charge in [-0.25, -0.2) is 4.68 Å². The Labute approximate surface area is 149 Å². The minimum atomic E-state index is -0.0537. The third kappa shape index (κ3) is 3.56. The number of hydrogen-bond acceptors (Lipinski definition) is 7. The zero-order chi connectivity index (χ0) is 17.8. The number of carbonyl (C=O) groups excluding carboxylic acids is 1. The van der Waals surface area contributed by atoms with Crippen LogP contribution in [0.5, 0.6) is 0 Å². The maximum Gasteiger partial charge on any atom is 0.226 e. The fourth-order valence-electron chi connectivity index (χ4n) is 2.86. The quantitative estimate of drug-likeness (QED) is 0.698. The number of aryl methyl sites for hydroxylation is 2. The van der Waals surface area contributed by atoms with E-state index in [0.29, 0.717) is 31.0 Å². The first-order valence-corrected chi connectivity index (χ1v) is 8.62. The summed E-state index contributed by atoms with van der Waals surface area (Å²) in [6, 6.07) is 3.64. The van der Waals surface area contributed by atoms with Gasteiger partial charge in [0, 0.05) is 43.9 Å². The van der Waals surface area contributed by atoms with E-state index in [4.69, 9.17) is 4.52 Å². The van der Waals surface area contributed by atoms with Crippen LogP contribution in [0.1, 0.15) is 25.2 Å². The molecule has 0 aliphatic carbocycles.